The van der Waals surface area contributed by atoms with E-state index >= 15 is 0 Å². The predicted molar refractivity (Wildman–Crippen MR) is 44.7 cm³/mol. The van der Waals surface area contributed by atoms with E-state index in [0.717, 1.165) is 0 Å². The van der Waals surface area contributed by atoms with Crippen LogP contribution in [-0.2, 0) is 0 Å². The molecule has 0 spiro atoms. The topological polar surface area (TPSA) is 38.9 Å². The summed E-state index contributed by atoms with van der Waals surface area (Å²) in [6.07, 6.45) is -1.26. The van der Waals surface area contributed by atoms with Crippen molar-refractivity contribution in [3.05, 3.63) is 36.2 Å². The van der Waals surface area contributed by atoms with Gasteiger partial charge in [-0.2, -0.15) is 4.98 Å². The number of hydrogen-bond acceptors (Lipinski definition) is 3. The van der Waals surface area contributed by atoms with Gasteiger partial charge in [-0.25, -0.2) is 8.78 Å². The van der Waals surface area contributed by atoms with Crippen LogP contribution >= 0.6 is 0 Å². The summed E-state index contributed by atoms with van der Waals surface area (Å²) in [5, 5.41) is 3.59. The Morgan fingerprint density at radius 3 is 2.36 bits per heavy atom. The van der Waals surface area contributed by atoms with Crippen molar-refractivity contribution in [2.45, 2.75) is 6.43 Å². The molecule has 1 heterocycles. The normalized spacial score (nSPS) is 10.8. The molecule has 14 heavy (non-hydrogen) atoms. The highest BCUT2D eigenvalue weighted by molar-refractivity contribution is 5.54. The SMILES string of the molecule is FC(F)c1ccc(-c2ncon2)cc1. The molecule has 0 unspecified atom stereocenters. The Morgan fingerprint density at radius 1 is 1.14 bits per heavy atom. The van der Waals surface area contributed by atoms with E-state index in [0.29, 0.717) is 11.4 Å². The molecule has 0 saturated heterocycles. The molecule has 0 saturated carbocycles. The molecule has 2 aromatic rings. The van der Waals surface area contributed by atoms with Crippen LogP contribution in [0.25, 0.3) is 11.4 Å². The van der Waals surface area contributed by atoms with Crippen molar-refractivity contribution in [1.82, 2.24) is 10.1 Å². The maximum atomic E-state index is 12.2. The minimum absolute atomic E-state index is 0.0164. The third kappa shape index (κ3) is 1.61. The van der Waals surface area contributed by atoms with Crippen LogP contribution < -0.4 is 0 Å². The van der Waals surface area contributed by atoms with Crippen molar-refractivity contribution < 1.29 is 13.3 Å². The zero-order valence-electron chi connectivity index (χ0n) is 7.02. The first-order valence-corrected chi connectivity index (χ1v) is 3.92. The lowest BCUT2D eigenvalue weighted by Crippen LogP contribution is -1.85. The van der Waals surface area contributed by atoms with E-state index in [2.05, 4.69) is 14.7 Å². The first-order valence-electron chi connectivity index (χ1n) is 3.92. The molecule has 1 aromatic heterocycles. The van der Waals surface area contributed by atoms with Crippen LogP contribution in [0, 0.1) is 0 Å². The Balaban J connectivity index is 2.31. The molecule has 0 aliphatic heterocycles. The Kier molecular flexibility index (Phi) is 2.22. The fraction of sp³-hybridized carbons (Fsp3) is 0.111. The fourth-order valence-corrected chi connectivity index (χ4v) is 1.08. The quantitative estimate of drug-likeness (QED) is 0.741. The van der Waals surface area contributed by atoms with Crippen molar-refractivity contribution >= 4 is 0 Å². The van der Waals surface area contributed by atoms with Crippen molar-refractivity contribution in [2.24, 2.45) is 0 Å². The van der Waals surface area contributed by atoms with Gasteiger partial charge in [0.15, 0.2) is 0 Å². The van der Waals surface area contributed by atoms with E-state index in [9.17, 15) is 8.78 Å². The van der Waals surface area contributed by atoms with Crippen LogP contribution in [0.15, 0.2) is 35.2 Å². The van der Waals surface area contributed by atoms with Gasteiger partial charge in [-0.05, 0) is 0 Å². The second-order valence-electron chi connectivity index (χ2n) is 2.68. The van der Waals surface area contributed by atoms with E-state index in [4.69, 9.17) is 0 Å². The Bertz CT molecular complexity index is 397. The third-order valence-corrected chi connectivity index (χ3v) is 1.78. The Labute approximate surface area is 78.4 Å². The standard InChI is InChI=1S/C9H6F2N2O/c10-8(11)6-1-3-7(4-2-6)9-12-5-14-13-9/h1-5,8H. The predicted octanol–water partition coefficient (Wildman–Crippen LogP) is 2.67. The number of halogens is 2. The third-order valence-electron chi connectivity index (χ3n) is 1.78. The minimum Gasteiger partial charge on any atom is -0.342 e. The maximum Gasteiger partial charge on any atom is 0.263 e. The Morgan fingerprint density at radius 2 is 1.86 bits per heavy atom. The zero-order chi connectivity index (χ0) is 9.97. The van der Waals surface area contributed by atoms with Crippen LogP contribution in [-0.4, -0.2) is 10.1 Å². The molecule has 1 aromatic carbocycles. The summed E-state index contributed by atoms with van der Waals surface area (Å²) in [7, 11) is 0. The highest BCUT2D eigenvalue weighted by Crippen LogP contribution is 2.21. The van der Waals surface area contributed by atoms with Crippen LogP contribution in [0.5, 0.6) is 0 Å². The van der Waals surface area contributed by atoms with Gasteiger partial charge in [0.05, 0.1) is 0 Å². The number of benzene rings is 1. The molecule has 0 radical (unpaired) electrons. The average Bonchev–Trinajstić information content (AvgIpc) is 2.71. The molecular weight excluding hydrogens is 190 g/mol. The van der Waals surface area contributed by atoms with E-state index in [-0.39, 0.29) is 5.56 Å². The van der Waals surface area contributed by atoms with Gasteiger partial charge >= 0.3 is 0 Å². The minimum atomic E-state index is -2.45. The van der Waals surface area contributed by atoms with Crippen molar-refractivity contribution in [3.8, 4) is 11.4 Å². The summed E-state index contributed by atoms with van der Waals surface area (Å²) in [5.41, 5.74) is 0.639. The van der Waals surface area contributed by atoms with E-state index in [1.807, 2.05) is 0 Å². The summed E-state index contributed by atoms with van der Waals surface area (Å²) >= 11 is 0. The van der Waals surface area contributed by atoms with Crippen LogP contribution in [0.4, 0.5) is 8.78 Å². The molecular formula is C9H6F2N2O. The van der Waals surface area contributed by atoms with Gasteiger partial charge < -0.3 is 4.52 Å². The lowest BCUT2D eigenvalue weighted by molar-refractivity contribution is 0.151. The van der Waals surface area contributed by atoms with Gasteiger partial charge in [0.2, 0.25) is 12.2 Å². The molecule has 3 nitrogen and oxygen atoms in total. The van der Waals surface area contributed by atoms with Crippen molar-refractivity contribution in [3.63, 3.8) is 0 Å². The number of aromatic nitrogens is 2. The molecule has 0 amide bonds. The molecule has 2 rings (SSSR count). The number of rotatable bonds is 2. The van der Waals surface area contributed by atoms with Gasteiger partial charge in [0, 0.05) is 11.1 Å². The molecule has 0 bridgehead atoms. The van der Waals surface area contributed by atoms with E-state index in [1.165, 1.54) is 30.7 Å². The molecule has 0 N–H and O–H groups in total. The zero-order valence-corrected chi connectivity index (χ0v) is 7.02. The molecule has 0 aliphatic carbocycles. The lowest BCUT2D eigenvalue weighted by Gasteiger charge is -1.99. The molecule has 0 atom stereocenters. The molecule has 72 valence electrons. The highest BCUT2D eigenvalue weighted by atomic mass is 19.3. The van der Waals surface area contributed by atoms with Gasteiger partial charge in [-0.1, -0.05) is 29.4 Å². The fourth-order valence-electron chi connectivity index (χ4n) is 1.08. The van der Waals surface area contributed by atoms with E-state index < -0.39 is 6.43 Å². The van der Waals surface area contributed by atoms with Gasteiger partial charge in [0.25, 0.3) is 6.43 Å². The number of alkyl halides is 2. The van der Waals surface area contributed by atoms with Crippen LogP contribution in [0.1, 0.15) is 12.0 Å². The van der Waals surface area contributed by atoms with E-state index in [1.54, 1.807) is 0 Å². The molecule has 0 aliphatic rings. The summed E-state index contributed by atoms with van der Waals surface area (Å²) in [6, 6.07) is 5.76. The smallest absolute Gasteiger partial charge is 0.263 e. The summed E-state index contributed by atoms with van der Waals surface area (Å²) < 4.78 is 28.9. The largest absolute Gasteiger partial charge is 0.342 e. The van der Waals surface area contributed by atoms with Gasteiger partial charge in [0.1, 0.15) is 0 Å². The maximum absolute atomic E-state index is 12.2. The summed E-state index contributed by atoms with van der Waals surface area (Å²) in [5.74, 6) is 0.394. The van der Waals surface area contributed by atoms with Gasteiger partial charge in [-0.3, -0.25) is 0 Å². The average molecular weight is 196 g/mol. The number of nitrogens with zero attached hydrogens (tertiary/aromatic N) is 2. The first kappa shape index (κ1) is 8.80. The van der Waals surface area contributed by atoms with Crippen molar-refractivity contribution in [2.75, 3.05) is 0 Å². The lowest BCUT2D eigenvalue weighted by atomic mass is 10.1. The second kappa shape index (κ2) is 3.53. The van der Waals surface area contributed by atoms with Crippen LogP contribution in [0.2, 0.25) is 0 Å². The van der Waals surface area contributed by atoms with Crippen molar-refractivity contribution in [1.29, 1.82) is 0 Å². The first-order chi connectivity index (χ1) is 6.77. The number of hydrogen-bond donors (Lipinski definition) is 0. The second-order valence-corrected chi connectivity index (χ2v) is 2.68. The van der Waals surface area contributed by atoms with Gasteiger partial charge in [-0.15, -0.1) is 0 Å². The summed E-state index contributed by atoms with van der Waals surface area (Å²) in [4.78, 5) is 3.80. The monoisotopic (exact) mass is 196 g/mol. The Hall–Kier alpha value is -1.78. The molecule has 5 heteroatoms. The van der Waals surface area contributed by atoms with Crippen LogP contribution in [0.3, 0.4) is 0 Å². The summed E-state index contributed by atoms with van der Waals surface area (Å²) in [6.45, 7) is 0. The highest BCUT2D eigenvalue weighted by Gasteiger charge is 2.07. The molecule has 0 fully saturated rings.